The Morgan fingerprint density at radius 1 is 1.31 bits per heavy atom. The molecule has 1 aliphatic rings. The van der Waals surface area contributed by atoms with Gasteiger partial charge in [0.05, 0.1) is 12.9 Å². The maximum absolute atomic E-state index is 9.73. The number of benzene rings is 1. The molecule has 1 aliphatic heterocycles. The third kappa shape index (κ3) is 2.62. The van der Waals surface area contributed by atoms with Crippen LogP contribution in [0.4, 0.5) is 0 Å². The van der Waals surface area contributed by atoms with Crippen molar-refractivity contribution in [3.8, 4) is 0 Å². The zero-order valence-electron chi connectivity index (χ0n) is 9.24. The average molecular weight is 220 g/mol. The highest BCUT2D eigenvalue weighted by atomic mass is 16.5. The number of aliphatic hydroxyl groups is 1. The molecule has 0 saturated carbocycles. The molecule has 0 radical (unpaired) electrons. The molecule has 1 N–H and O–H groups in total. The normalized spacial score (nSPS) is 28.8. The Morgan fingerprint density at radius 3 is 2.75 bits per heavy atom. The molecule has 3 atom stereocenters. The maximum Gasteiger partial charge on any atom is 0.124 e. The summed E-state index contributed by atoms with van der Waals surface area (Å²) < 4.78 is 11.0. The molecule has 0 spiro atoms. The maximum atomic E-state index is 9.73. The molecule has 2 rings (SSSR count). The van der Waals surface area contributed by atoms with E-state index in [9.17, 15) is 5.11 Å². The lowest BCUT2D eigenvalue weighted by Crippen LogP contribution is -2.40. The van der Waals surface area contributed by atoms with Crippen LogP contribution in [-0.4, -0.2) is 23.4 Å². The first-order chi connectivity index (χ1) is 7.77. The Hall–Kier alpha value is -1.32. The van der Waals surface area contributed by atoms with Crippen molar-refractivity contribution in [2.24, 2.45) is 0 Å². The molecule has 16 heavy (non-hydrogen) atoms. The molecule has 1 aromatic rings. The van der Waals surface area contributed by atoms with Gasteiger partial charge in [-0.15, -0.1) is 0 Å². The fraction of sp³-hybridized carbons (Fsp3) is 0.385. The second kappa shape index (κ2) is 5.14. The quantitative estimate of drug-likeness (QED) is 0.845. The molecule has 1 heterocycles. The van der Waals surface area contributed by atoms with E-state index in [0.717, 1.165) is 5.56 Å². The predicted molar refractivity (Wildman–Crippen MR) is 60.7 cm³/mol. The lowest BCUT2D eigenvalue weighted by Gasteiger charge is -2.29. The first kappa shape index (κ1) is 11.2. The summed E-state index contributed by atoms with van der Waals surface area (Å²) >= 11 is 0. The van der Waals surface area contributed by atoms with Crippen molar-refractivity contribution < 1.29 is 14.6 Å². The SMILES string of the molecule is C[C@@H]1OC=C[C@@H](O)[C@H]1OCc1ccccc1. The minimum atomic E-state index is -0.590. The Bertz CT molecular complexity index is 347. The van der Waals surface area contributed by atoms with Crippen molar-refractivity contribution in [2.75, 3.05) is 0 Å². The molecular formula is C13H16O3. The van der Waals surface area contributed by atoms with Crippen molar-refractivity contribution in [3.05, 3.63) is 48.2 Å². The number of aliphatic hydroxyl groups excluding tert-OH is 1. The summed E-state index contributed by atoms with van der Waals surface area (Å²) in [5.41, 5.74) is 1.09. The fourth-order valence-electron chi connectivity index (χ4n) is 1.72. The van der Waals surface area contributed by atoms with Crippen LogP contribution in [0.1, 0.15) is 12.5 Å². The van der Waals surface area contributed by atoms with Crippen molar-refractivity contribution in [2.45, 2.75) is 31.8 Å². The number of hydrogen-bond donors (Lipinski definition) is 1. The Morgan fingerprint density at radius 2 is 2.06 bits per heavy atom. The molecule has 3 nitrogen and oxygen atoms in total. The van der Waals surface area contributed by atoms with Gasteiger partial charge in [0.2, 0.25) is 0 Å². The number of hydrogen-bond acceptors (Lipinski definition) is 3. The second-order valence-electron chi connectivity index (χ2n) is 3.92. The minimum absolute atomic E-state index is 0.122. The molecule has 0 bridgehead atoms. The summed E-state index contributed by atoms with van der Waals surface area (Å²) in [7, 11) is 0. The van der Waals surface area contributed by atoms with E-state index in [2.05, 4.69) is 0 Å². The van der Waals surface area contributed by atoms with Crippen LogP contribution in [0.5, 0.6) is 0 Å². The van der Waals surface area contributed by atoms with E-state index in [-0.39, 0.29) is 12.2 Å². The van der Waals surface area contributed by atoms with Crippen LogP contribution in [0.25, 0.3) is 0 Å². The number of rotatable bonds is 3. The third-order valence-electron chi connectivity index (χ3n) is 2.65. The summed E-state index contributed by atoms with van der Waals surface area (Å²) in [6, 6.07) is 9.90. The molecule has 0 fully saturated rings. The Labute approximate surface area is 95.3 Å². The van der Waals surface area contributed by atoms with Gasteiger partial charge in [-0.2, -0.15) is 0 Å². The van der Waals surface area contributed by atoms with Gasteiger partial charge in [-0.25, -0.2) is 0 Å². The highest BCUT2D eigenvalue weighted by molar-refractivity contribution is 5.13. The van der Waals surface area contributed by atoms with Gasteiger partial charge in [0.1, 0.15) is 18.3 Å². The van der Waals surface area contributed by atoms with Gasteiger partial charge in [0.15, 0.2) is 0 Å². The molecule has 1 aromatic carbocycles. The molecule has 0 unspecified atom stereocenters. The van der Waals surface area contributed by atoms with Crippen LogP contribution >= 0.6 is 0 Å². The van der Waals surface area contributed by atoms with E-state index in [1.54, 1.807) is 6.08 Å². The van der Waals surface area contributed by atoms with Crippen LogP contribution in [0.2, 0.25) is 0 Å². The van der Waals surface area contributed by atoms with Crippen LogP contribution in [0.15, 0.2) is 42.7 Å². The highest BCUT2D eigenvalue weighted by Crippen LogP contribution is 2.17. The van der Waals surface area contributed by atoms with E-state index >= 15 is 0 Å². The monoisotopic (exact) mass is 220 g/mol. The zero-order valence-corrected chi connectivity index (χ0v) is 9.24. The van der Waals surface area contributed by atoms with Gasteiger partial charge in [0.25, 0.3) is 0 Å². The Kier molecular flexibility index (Phi) is 3.59. The van der Waals surface area contributed by atoms with Gasteiger partial charge in [0, 0.05) is 0 Å². The lowest BCUT2D eigenvalue weighted by atomic mass is 10.1. The first-order valence-electron chi connectivity index (χ1n) is 5.43. The van der Waals surface area contributed by atoms with E-state index in [0.29, 0.717) is 6.61 Å². The summed E-state index contributed by atoms with van der Waals surface area (Å²) in [5, 5.41) is 9.73. The smallest absolute Gasteiger partial charge is 0.124 e. The average Bonchev–Trinajstić information content (AvgIpc) is 2.30. The van der Waals surface area contributed by atoms with Gasteiger partial charge in [-0.3, -0.25) is 0 Å². The van der Waals surface area contributed by atoms with Crippen LogP contribution in [0, 0.1) is 0 Å². The van der Waals surface area contributed by atoms with Crippen LogP contribution in [0.3, 0.4) is 0 Å². The summed E-state index contributed by atoms with van der Waals surface area (Å²) in [5.74, 6) is 0. The Balaban J connectivity index is 1.92. The number of ether oxygens (including phenoxy) is 2. The van der Waals surface area contributed by atoms with E-state index in [1.807, 2.05) is 37.3 Å². The fourth-order valence-corrected chi connectivity index (χ4v) is 1.72. The minimum Gasteiger partial charge on any atom is -0.496 e. The second-order valence-corrected chi connectivity index (χ2v) is 3.92. The van der Waals surface area contributed by atoms with Gasteiger partial charge < -0.3 is 14.6 Å². The van der Waals surface area contributed by atoms with Crippen molar-refractivity contribution >= 4 is 0 Å². The van der Waals surface area contributed by atoms with Crippen LogP contribution < -0.4 is 0 Å². The van der Waals surface area contributed by atoms with E-state index in [4.69, 9.17) is 9.47 Å². The van der Waals surface area contributed by atoms with Crippen molar-refractivity contribution in [1.29, 1.82) is 0 Å². The summed E-state index contributed by atoms with van der Waals surface area (Å²) in [6.45, 7) is 2.38. The molecule has 0 amide bonds. The first-order valence-corrected chi connectivity index (χ1v) is 5.43. The molecule has 0 aliphatic carbocycles. The van der Waals surface area contributed by atoms with Gasteiger partial charge >= 0.3 is 0 Å². The summed E-state index contributed by atoms with van der Waals surface area (Å²) in [6.07, 6.45) is 2.12. The highest BCUT2D eigenvalue weighted by Gasteiger charge is 2.28. The standard InChI is InChI=1S/C13H16O3/c1-10-13(12(14)7-8-15-10)16-9-11-5-3-2-4-6-11/h2-8,10,12-14H,9H2,1H3/t10-,12+,13-/m0/s1. The molecular weight excluding hydrogens is 204 g/mol. The lowest BCUT2D eigenvalue weighted by molar-refractivity contribution is -0.102. The van der Waals surface area contributed by atoms with E-state index in [1.165, 1.54) is 6.26 Å². The zero-order chi connectivity index (χ0) is 11.4. The molecule has 3 heteroatoms. The van der Waals surface area contributed by atoms with Crippen molar-refractivity contribution in [1.82, 2.24) is 0 Å². The molecule has 86 valence electrons. The van der Waals surface area contributed by atoms with Gasteiger partial charge in [-0.05, 0) is 18.6 Å². The summed E-state index contributed by atoms with van der Waals surface area (Å²) in [4.78, 5) is 0. The van der Waals surface area contributed by atoms with Gasteiger partial charge in [-0.1, -0.05) is 30.3 Å². The topological polar surface area (TPSA) is 38.7 Å². The largest absolute Gasteiger partial charge is 0.496 e. The van der Waals surface area contributed by atoms with Crippen molar-refractivity contribution in [3.63, 3.8) is 0 Å². The third-order valence-corrected chi connectivity index (χ3v) is 2.65. The predicted octanol–water partition coefficient (Wildman–Crippen LogP) is 1.87. The van der Waals surface area contributed by atoms with Crippen LogP contribution in [-0.2, 0) is 16.1 Å². The van der Waals surface area contributed by atoms with E-state index < -0.39 is 6.10 Å². The molecule has 0 aromatic heterocycles. The molecule has 0 saturated heterocycles.